The number of primary amides is 1. The van der Waals surface area contributed by atoms with Gasteiger partial charge in [-0.1, -0.05) is 0 Å². The van der Waals surface area contributed by atoms with Crippen molar-refractivity contribution in [2.75, 3.05) is 32.2 Å². The Morgan fingerprint density at radius 2 is 1.76 bits per heavy atom. The molecular weight excluding hydrogens is 320 g/mol. The Labute approximate surface area is 146 Å². The van der Waals surface area contributed by atoms with E-state index < -0.39 is 5.91 Å². The van der Waals surface area contributed by atoms with Crippen LogP contribution in [0.15, 0.2) is 24.3 Å². The van der Waals surface area contributed by atoms with Gasteiger partial charge in [0.1, 0.15) is 5.69 Å². The molecule has 25 heavy (non-hydrogen) atoms. The van der Waals surface area contributed by atoms with E-state index >= 15 is 0 Å². The molecule has 3 rings (SSSR count). The summed E-state index contributed by atoms with van der Waals surface area (Å²) in [5.41, 5.74) is 7.11. The lowest BCUT2D eigenvalue weighted by Crippen LogP contribution is -2.31. The topological polar surface area (TPSA) is 90.6 Å². The minimum atomic E-state index is -0.567. The Bertz CT molecular complexity index is 773. The summed E-state index contributed by atoms with van der Waals surface area (Å²) in [6.45, 7) is 1.77. The molecule has 2 N–H and O–H groups in total. The van der Waals surface area contributed by atoms with E-state index in [1.54, 1.807) is 26.4 Å². The highest BCUT2D eigenvalue weighted by Gasteiger charge is 2.18. The van der Waals surface area contributed by atoms with Gasteiger partial charge in [-0.05, 0) is 43.5 Å². The van der Waals surface area contributed by atoms with Crippen molar-refractivity contribution in [2.45, 2.75) is 19.3 Å². The smallest absolute Gasteiger partial charge is 0.267 e. The van der Waals surface area contributed by atoms with Gasteiger partial charge < -0.3 is 20.1 Å². The van der Waals surface area contributed by atoms with Crippen LogP contribution in [0.25, 0.3) is 11.3 Å². The minimum absolute atomic E-state index is 0.209. The predicted molar refractivity (Wildman–Crippen MR) is 95.2 cm³/mol. The number of amides is 1. The molecule has 0 unspecified atom stereocenters. The van der Waals surface area contributed by atoms with Crippen LogP contribution in [0.4, 0.5) is 5.95 Å². The van der Waals surface area contributed by atoms with Gasteiger partial charge in [-0.15, -0.1) is 0 Å². The third kappa shape index (κ3) is 3.65. The number of methoxy groups -OCH3 is 2. The zero-order valence-corrected chi connectivity index (χ0v) is 14.5. The molecule has 0 spiro atoms. The third-order valence-electron chi connectivity index (χ3n) is 4.29. The predicted octanol–water partition coefficient (Wildman–Crippen LogP) is 2.25. The molecule has 0 aliphatic carbocycles. The van der Waals surface area contributed by atoms with E-state index in [-0.39, 0.29) is 5.69 Å². The second-order valence-corrected chi connectivity index (χ2v) is 5.92. The maximum Gasteiger partial charge on any atom is 0.267 e. The Kier molecular flexibility index (Phi) is 5.02. The SMILES string of the molecule is COc1ccc(-c2cc(C(N)=O)nc(N3CCCCC3)n2)cc1OC. The Morgan fingerprint density at radius 3 is 2.40 bits per heavy atom. The van der Waals surface area contributed by atoms with Crippen LogP contribution < -0.4 is 20.1 Å². The second kappa shape index (κ2) is 7.38. The first kappa shape index (κ1) is 17.0. The monoisotopic (exact) mass is 342 g/mol. The number of hydrogen-bond acceptors (Lipinski definition) is 6. The van der Waals surface area contributed by atoms with E-state index in [4.69, 9.17) is 15.2 Å². The van der Waals surface area contributed by atoms with Gasteiger partial charge in [0.2, 0.25) is 5.95 Å². The fourth-order valence-electron chi connectivity index (χ4n) is 2.94. The number of rotatable bonds is 5. The molecule has 0 radical (unpaired) electrons. The highest BCUT2D eigenvalue weighted by Crippen LogP contribution is 2.32. The molecule has 1 fully saturated rings. The number of piperidine rings is 1. The van der Waals surface area contributed by atoms with Crippen molar-refractivity contribution in [3.05, 3.63) is 30.0 Å². The van der Waals surface area contributed by atoms with Crippen LogP contribution in [-0.4, -0.2) is 43.2 Å². The quantitative estimate of drug-likeness (QED) is 0.896. The van der Waals surface area contributed by atoms with Crippen LogP contribution in [0.5, 0.6) is 11.5 Å². The van der Waals surface area contributed by atoms with Crippen molar-refractivity contribution >= 4 is 11.9 Å². The number of carbonyl (C=O) groups excluding carboxylic acids is 1. The van der Waals surface area contributed by atoms with Crippen molar-refractivity contribution in [3.8, 4) is 22.8 Å². The van der Waals surface area contributed by atoms with E-state index in [1.165, 1.54) is 6.42 Å². The van der Waals surface area contributed by atoms with Gasteiger partial charge in [0.15, 0.2) is 11.5 Å². The summed E-state index contributed by atoms with van der Waals surface area (Å²) in [7, 11) is 3.16. The first-order chi connectivity index (χ1) is 12.1. The summed E-state index contributed by atoms with van der Waals surface area (Å²) >= 11 is 0. The number of nitrogens with zero attached hydrogens (tertiary/aromatic N) is 3. The minimum Gasteiger partial charge on any atom is -0.493 e. The summed E-state index contributed by atoms with van der Waals surface area (Å²) < 4.78 is 10.6. The Hall–Kier alpha value is -2.83. The summed E-state index contributed by atoms with van der Waals surface area (Å²) in [6.07, 6.45) is 3.39. The molecular formula is C18H22N4O3. The molecule has 0 saturated carbocycles. The number of carbonyl (C=O) groups is 1. The fraction of sp³-hybridized carbons (Fsp3) is 0.389. The number of aromatic nitrogens is 2. The normalized spacial score (nSPS) is 14.2. The summed E-state index contributed by atoms with van der Waals surface area (Å²) in [5, 5.41) is 0. The molecule has 1 aromatic heterocycles. The fourth-order valence-corrected chi connectivity index (χ4v) is 2.94. The van der Waals surface area contributed by atoms with Crippen LogP contribution in [0.3, 0.4) is 0 Å². The van der Waals surface area contributed by atoms with Crippen LogP contribution >= 0.6 is 0 Å². The number of ether oxygens (including phenoxy) is 2. The first-order valence-corrected chi connectivity index (χ1v) is 8.28. The van der Waals surface area contributed by atoms with Crippen molar-refractivity contribution in [1.82, 2.24) is 9.97 Å². The van der Waals surface area contributed by atoms with E-state index in [2.05, 4.69) is 14.9 Å². The lowest BCUT2D eigenvalue weighted by molar-refractivity contribution is 0.0995. The molecule has 1 aliphatic rings. The van der Waals surface area contributed by atoms with Crippen molar-refractivity contribution in [3.63, 3.8) is 0 Å². The van der Waals surface area contributed by atoms with E-state index in [0.29, 0.717) is 23.1 Å². The van der Waals surface area contributed by atoms with E-state index in [1.807, 2.05) is 12.1 Å². The number of nitrogens with two attached hydrogens (primary N) is 1. The lowest BCUT2D eigenvalue weighted by Gasteiger charge is -2.27. The lowest BCUT2D eigenvalue weighted by atomic mass is 10.1. The van der Waals surface area contributed by atoms with Gasteiger partial charge >= 0.3 is 0 Å². The maximum atomic E-state index is 11.7. The van der Waals surface area contributed by atoms with Gasteiger partial charge in [-0.25, -0.2) is 9.97 Å². The molecule has 1 aliphatic heterocycles. The summed E-state index contributed by atoms with van der Waals surface area (Å²) in [4.78, 5) is 22.8. The van der Waals surface area contributed by atoms with Gasteiger partial charge in [0, 0.05) is 18.7 Å². The Balaban J connectivity index is 2.05. The molecule has 1 amide bonds. The summed E-state index contributed by atoms with van der Waals surface area (Å²) in [5.74, 6) is 1.20. The van der Waals surface area contributed by atoms with Gasteiger partial charge in [-0.3, -0.25) is 4.79 Å². The van der Waals surface area contributed by atoms with Crippen molar-refractivity contribution < 1.29 is 14.3 Å². The highest BCUT2D eigenvalue weighted by atomic mass is 16.5. The zero-order chi connectivity index (χ0) is 17.8. The van der Waals surface area contributed by atoms with Gasteiger partial charge in [0.05, 0.1) is 19.9 Å². The number of hydrogen-bond donors (Lipinski definition) is 1. The van der Waals surface area contributed by atoms with Gasteiger partial charge in [0.25, 0.3) is 5.91 Å². The molecule has 2 aromatic rings. The molecule has 132 valence electrons. The zero-order valence-electron chi connectivity index (χ0n) is 14.5. The molecule has 7 heteroatoms. The second-order valence-electron chi connectivity index (χ2n) is 5.92. The van der Waals surface area contributed by atoms with Crippen LogP contribution in [-0.2, 0) is 0 Å². The third-order valence-corrected chi connectivity index (χ3v) is 4.29. The van der Waals surface area contributed by atoms with E-state index in [9.17, 15) is 4.79 Å². The first-order valence-electron chi connectivity index (χ1n) is 8.28. The summed E-state index contributed by atoms with van der Waals surface area (Å²) in [6, 6.07) is 7.11. The molecule has 1 aromatic carbocycles. The molecule has 1 saturated heterocycles. The van der Waals surface area contributed by atoms with Crippen LogP contribution in [0, 0.1) is 0 Å². The maximum absolute atomic E-state index is 11.7. The largest absolute Gasteiger partial charge is 0.493 e. The molecule has 0 bridgehead atoms. The van der Waals surface area contributed by atoms with Gasteiger partial charge in [-0.2, -0.15) is 0 Å². The Morgan fingerprint density at radius 1 is 1.04 bits per heavy atom. The highest BCUT2D eigenvalue weighted by molar-refractivity contribution is 5.92. The molecule has 0 atom stereocenters. The van der Waals surface area contributed by atoms with Crippen LogP contribution in [0.1, 0.15) is 29.8 Å². The number of anilines is 1. The standard InChI is InChI=1S/C18H22N4O3/c1-24-15-7-6-12(10-16(15)25-2)13-11-14(17(19)23)21-18(20-13)22-8-4-3-5-9-22/h6-7,10-11H,3-5,8-9H2,1-2H3,(H2,19,23). The average molecular weight is 342 g/mol. The van der Waals surface area contributed by atoms with Crippen molar-refractivity contribution in [1.29, 1.82) is 0 Å². The van der Waals surface area contributed by atoms with Crippen molar-refractivity contribution in [2.24, 2.45) is 5.73 Å². The van der Waals surface area contributed by atoms with E-state index in [0.717, 1.165) is 31.5 Å². The molecule has 7 nitrogen and oxygen atoms in total. The average Bonchev–Trinajstić information content (AvgIpc) is 2.67. The number of benzene rings is 1. The van der Waals surface area contributed by atoms with Crippen LogP contribution in [0.2, 0.25) is 0 Å². The molecule has 2 heterocycles.